The molecule has 0 bridgehead atoms. The molecule has 72 valence electrons. The Balaban J connectivity index is 0.00000121. The molecule has 1 unspecified atom stereocenters. The van der Waals surface area contributed by atoms with E-state index in [1.807, 2.05) is 0 Å². The Morgan fingerprint density at radius 2 is 2.42 bits per heavy atom. The number of amides is 1. The summed E-state index contributed by atoms with van der Waals surface area (Å²) in [6.45, 7) is 0.913. The highest BCUT2D eigenvalue weighted by Gasteiger charge is 2.27. The summed E-state index contributed by atoms with van der Waals surface area (Å²) in [5.41, 5.74) is 5.07. The largest absolute Gasteiger partial charge is 0.370 e. The molecule has 0 aromatic rings. The predicted octanol–water partition coefficient (Wildman–Crippen LogP) is -0.134. The van der Waals surface area contributed by atoms with Crippen LogP contribution in [0.15, 0.2) is 0 Å². The lowest BCUT2D eigenvalue weighted by Gasteiger charge is -2.15. The highest BCUT2D eigenvalue weighted by molar-refractivity contribution is 5.85. The van der Waals surface area contributed by atoms with Gasteiger partial charge in [-0.1, -0.05) is 0 Å². The molecule has 3 N–H and O–H groups in total. The number of ether oxygens (including phenoxy) is 1. The molecule has 4 nitrogen and oxygen atoms in total. The fourth-order valence-corrected chi connectivity index (χ4v) is 1.47. The molecule has 5 heteroatoms. The lowest BCUT2D eigenvalue weighted by molar-refractivity contribution is -0.119. The van der Waals surface area contributed by atoms with Gasteiger partial charge >= 0.3 is 0 Å². The van der Waals surface area contributed by atoms with E-state index in [-0.39, 0.29) is 30.5 Å². The number of hydrogen-bond donors (Lipinski definition) is 2. The monoisotopic (exact) mass is 194 g/mol. The molecule has 1 amide bonds. The number of methoxy groups -OCH3 is 1. The topological polar surface area (TPSA) is 64.3 Å². The lowest BCUT2D eigenvalue weighted by Crippen LogP contribution is -2.31. The lowest BCUT2D eigenvalue weighted by atomic mass is 10.0. The molecule has 1 rings (SSSR count). The Morgan fingerprint density at radius 1 is 1.75 bits per heavy atom. The number of carbonyl (C=O) groups is 1. The van der Waals surface area contributed by atoms with Crippen LogP contribution in [0.1, 0.15) is 12.8 Å². The van der Waals surface area contributed by atoms with Gasteiger partial charge in [0.05, 0.1) is 0 Å². The second kappa shape index (κ2) is 5.35. The minimum absolute atomic E-state index is 0. The SMILES string of the molecule is COC1NCC[C@H]1CC(N)=O.Cl. The van der Waals surface area contributed by atoms with Gasteiger partial charge in [0.1, 0.15) is 6.23 Å². The summed E-state index contributed by atoms with van der Waals surface area (Å²) < 4.78 is 5.11. The van der Waals surface area contributed by atoms with Gasteiger partial charge in [0.15, 0.2) is 0 Å². The Bertz CT molecular complexity index is 154. The molecule has 0 aliphatic carbocycles. The molecule has 12 heavy (non-hydrogen) atoms. The van der Waals surface area contributed by atoms with Gasteiger partial charge in [-0.25, -0.2) is 0 Å². The number of nitrogens with one attached hydrogen (secondary N) is 1. The average molecular weight is 195 g/mol. The first-order valence-corrected chi connectivity index (χ1v) is 3.78. The first-order chi connectivity index (χ1) is 5.24. The normalized spacial score (nSPS) is 28.1. The standard InChI is InChI=1S/C7H14N2O2.ClH/c1-11-7-5(2-3-9-7)4-6(8)10;/h5,7,9H,2-4H2,1H3,(H2,8,10);1H/t5-,7?;/m0./s1. The second-order valence-corrected chi connectivity index (χ2v) is 2.83. The number of primary amides is 1. The maximum absolute atomic E-state index is 10.6. The molecule has 1 aliphatic heterocycles. The summed E-state index contributed by atoms with van der Waals surface area (Å²) in [6.07, 6.45) is 1.41. The molecule has 0 radical (unpaired) electrons. The zero-order valence-electron chi connectivity index (χ0n) is 7.08. The number of hydrogen-bond acceptors (Lipinski definition) is 3. The molecule has 1 fully saturated rings. The zero-order chi connectivity index (χ0) is 8.27. The Morgan fingerprint density at radius 3 is 2.92 bits per heavy atom. The van der Waals surface area contributed by atoms with E-state index in [4.69, 9.17) is 10.5 Å². The van der Waals surface area contributed by atoms with Crippen LogP contribution >= 0.6 is 12.4 Å². The van der Waals surface area contributed by atoms with Crippen molar-refractivity contribution in [3.05, 3.63) is 0 Å². The van der Waals surface area contributed by atoms with E-state index in [1.165, 1.54) is 0 Å². The number of carbonyl (C=O) groups excluding carboxylic acids is 1. The summed E-state index contributed by atoms with van der Waals surface area (Å²) in [4.78, 5) is 10.6. The summed E-state index contributed by atoms with van der Waals surface area (Å²) in [5.74, 6) is 0.0123. The van der Waals surface area contributed by atoms with Gasteiger partial charge in [-0.2, -0.15) is 0 Å². The van der Waals surface area contributed by atoms with Crippen LogP contribution < -0.4 is 11.1 Å². The summed E-state index contributed by atoms with van der Waals surface area (Å²) in [5, 5.41) is 3.13. The molecule has 0 saturated carbocycles. The fraction of sp³-hybridized carbons (Fsp3) is 0.857. The van der Waals surface area contributed by atoms with Crippen molar-refractivity contribution in [2.75, 3.05) is 13.7 Å². The van der Waals surface area contributed by atoms with Gasteiger partial charge in [-0.3, -0.25) is 10.1 Å². The third kappa shape index (κ3) is 2.97. The third-order valence-electron chi connectivity index (χ3n) is 2.01. The molecular weight excluding hydrogens is 180 g/mol. The van der Waals surface area contributed by atoms with Crippen LogP contribution in [0.3, 0.4) is 0 Å². The van der Waals surface area contributed by atoms with E-state index in [9.17, 15) is 4.79 Å². The predicted molar refractivity (Wildman–Crippen MR) is 48.0 cm³/mol. The van der Waals surface area contributed by atoms with Gasteiger partial charge in [0.25, 0.3) is 0 Å². The Labute approximate surface area is 78.2 Å². The molecule has 1 saturated heterocycles. The smallest absolute Gasteiger partial charge is 0.217 e. The number of rotatable bonds is 3. The molecule has 0 aromatic heterocycles. The third-order valence-corrected chi connectivity index (χ3v) is 2.01. The number of halogens is 1. The minimum atomic E-state index is -0.249. The van der Waals surface area contributed by atoms with Crippen LogP contribution in [0.25, 0.3) is 0 Å². The molecule has 0 aromatic carbocycles. The van der Waals surface area contributed by atoms with E-state index in [0.717, 1.165) is 13.0 Å². The van der Waals surface area contributed by atoms with E-state index in [0.29, 0.717) is 6.42 Å². The summed E-state index contributed by atoms with van der Waals surface area (Å²) >= 11 is 0. The molecule has 0 spiro atoms. The van der Waals surface area contributed by atoms with E-state index in [2.05, 4.69) is 5.32 Å². The van der Waals surface area contributed by atoms with Crippen molar-refractivity contribution < 1.29 is 9.53 Å². The fourth-order valence-electron chi connectivity index (χ4n) is 1.47. The highest BCUT2D eigenvalue weighted by Crippen LogP contribution is 2.18. The zero-order valence-corrected chi connectivity index (χ0v) is 7.89. The van der Waals surface area contributed by atoms with Crippen molar-refractivity contribution in [2.45, 2.75) is 19.1 Å². The van der Waals surface area contributed by atoms with Gasteiger partial charge < -0.3 is 10.5 Å². The van der Waals surface area contributed by atoms with Crippen molar-refractivity contribution in [2.24, 2.45) is 11.7 Å². The first kappa shape index (κ1) is 11.7. The van der Waals surface area contributed by atoms with Crippen molar-refractivity contribution >= 4 is 18.3 Å². The summed E-state index contributed by atoms with van der Waals surface area (Å²) in [7, 11) is 1.64. The van der Waals surface area contributed by atoms with E-state index in [1.54, 1.807) is 7.11 Å². The van der Waals surface area contributed by atoms with Crippen molar-refractivity contribution in [3.63, 3.8) is 0 Å². The van der Waals surface area contributed by atoms with Gasteiger partial charge in [-0.15, -0.1) is 12.4 Å². The van der Waals surface area contributed by atoms with Crippen LogP contribution in [0, 0.1) is 5.92 Å². The van der Waals surface area contributed by atoms with Gasteiger partial charge in [-0.05, 0) is 13.0 Å². The van der Waals surface area contributed by atoms with Gasteiger partial charge in [0, 0.05) is 19.4 Å². The van der Waals surface area contributed by atoms with E-state index >= 15 is 0 Å². The van der Waals surface area contributed by atoms with Crippen LogP contribution in [0.4, 0.5) is 0 Å². The summed E-state index contributed by atoms with van der Waals surface area (Å²) in [6, 6.07) is 0. The maximum Gasteiger partial charge on any atom is 0.217 e. The molecule has 1 aliphatic rings. The minimum Gasteiger partial charge on any atom is -0.370 e. The molecular formula is C7H15ClN2O2. The van der Waals surface area contributed by atoms with Crippen LogP contribution in [-0.2, 0) is 9.53 Å². The first-order valence-electron chi connectivity index (χ1n) is 3.78. The number of nitrogens with two attached hydrogens (primary N) is 1. The molecule has 1 heterocycles. The van der Waals surface area contributed by atoms with Gasteiger partial charge in [0.2, 0.25) is 5.91 Å². The highest BCUT2D eigenvalue weighted by atomic mass is 35.5. The molecule has 2 atom stereocenters. The van der Waals surface area contributed by atoms with Crippen LogP contribution in [0.2, 0.25) is 0 Å². The quantitative estimate of drug-likeness (QED) is 0.658. The van der Waals surface area contributed by atoms with Crippen molar-refractivity contribution in [1.82, 2.24) is 5.32 Å². The maximum atomic E-state index is 10.6. The Hall–Kier alpha value is -0.320. The van der Waals surface area contributed by atoms with Crippen LogP contribution in [0.5, 0.6) is 0 Å². The Kier molecular flexibility index (Phi) is 5.20. The van der Waals surface area contributed by atoms with Crippen LogP contribution in [-0.4, -0.2) is 25.8 Å². The second-order valence-electron chi connectivity index (χ2n) is 2.83. The van der Waals surface area contributed by atoms with Crippen molar-refractivity contribution in [3.8, 4) is 0 Å². The average Bonchev–Trinajstić information content (AvgIpc) is 2.34. The van der Waals surface area contributed by atoms with E-state index < -0.39 is 0 Å². The van der Waals surface area contributed by atoms with Crippen molar-refractivity contribution in [1.29, 1.82) is 0 Å².